The molecule has 3 amide bonds. The van der Waals surface area contributed by atoms with E-state index in [0.29, 0.717) is 0 Å². The number of hydrogen-bond acceptors (Lipinski definition) is 8. The minimum absolute atomic E-state index is 0.0284. The molecule has 0 fully saturated rings. The Morgan fingerprint density at radius 1 is 0.972 bits per heavy atom. The number of carbonyl (C=O) groups excluding carboxylic acids is 4. The normalized spacial score (nSPS) is 12.7. The molecule has 2 atom stereocenters. The number of carbonyl (C=O) groups is 5. The van der Waals surface area contributed by atoms with Crippen molar-refractivity contribution in [3.05, 3.63) is 35.9 Å². The Balaban J connectivity index is 2.87. The van der Waals surface area contributed by atoms with Crippen molar-refractivity contribution in [2.75, 3.05) is 6.54 Å². The topological polar surface area (TPSA) is 172 Å². The quantitative estimate of drug-likeness (QED) is 0.194. The van der Waals surface area contributed by atoms with Crippen LogP contribution in [0.5, 0.6) is 0 Å². The molecular weight excluding hydrogens is 472 g/mol. The first-order valence-corrected chi connectivity index (χ1v) is 11.5. The number of hydrogen-bond donors (Lipinski definition) is 5. The van der Waals surface area contributed by atoms with E-state index < -0.39 is 54.1 Å². The van der Waals surface area contributed by atoms with E-state index in [1.807, 2.05) is 6.07 Å². The van der Waals surface area contributed by atoms with E-state index in [4.69, 9.17) is 14.6 Å². The van der Waals surface area contributed by atoms with E-state index in [-0.39, 0.29) is 25.4 Å². The number of esters is 1. The summed E-state index contributed by atoms with van der Waals surface area (Å²) in [5, 5.41) is 13.7. The smallest absolute Gasteiger partial charge is 0.408 e. The summed E-state index contributed by atoms with van der Waals surface area (Å²) in [7, 11) is 0. The molecule has 200 valence electrons. The molecule has 0 radical (unpaired) electrons. The second kappa shape index (κ2) is 14.7. The number of alkyl carbamates (subject to hydrolysis) is 1. The Morgan fingerprint density at radius 2 is 1.61 bits per heavy atom. The van der Waals surface area contributed by atoms with Crippen molar-refractivity contribution in [2.45, 2.75) is 71.8 Å². The summed E-state index contributed by atoms with van der Waals surface area (Å²) in [4.78, 5) is 60.7. The molecule has 0 saturated carbocycles. The molecule has 0 unspecified atom stereocenters. The fourth-order valence-electron chi connectivity index (χ4n) is 2.90. The number of carboxylic acid groups (broad SMARTS) is 1. The lowest BCUT2D eigenvalue weighted by Crippen LogP contribution is -2.57. The van der Waals surface area contributed by atoms with Crippen molar-refractivity contribution >= 4 is 29.8 Å². The van der Waals surface area contributed by atoms with Gasteiger partial charge in [-0.2, -0.15) is 0 Å². The first kappa shape index (κ1) is 30.4. The lowest BCUT2D eigenvalue weighted by atomic mass is 10.0. The molecule has 0 aliphatic rings. The fraction of sp³-hybridized carbons (Fsp3) is 0.542. The number of rotatable bonds is 13. The molecule has 0 aliphatic heterocycles. The zero-order chi connectivity index (χ0) is 27.3. The zero-order valence-corrected chi connectivity index (χ0v) is 21.3. The van der Waals surface area contributed by atoms with Crippen molar-refractivity contribution in [2.24, 2.45) is 5.92 Å². The van der Waals surface area contributed by atoms with Crippen LogP contribution in [0.4, 0.5) is 4.79 Å². The monoisotopic (exact) mass is 508 g/mol. The molecule has 0 aromatic heterocycles. The van der Waals surface area contributed by atoms with Gasteiger partial charge in [-0.05, 0) is 38.7 Å². The highest BCUT2D eigenvalue weighted by molar-refractivity contribution is 5.91. The van der Waals surface area contributed by atoms with Gasteiger partial charge in [-0.1, -0.05) is 44.2 Å². The van der Waals surface area contributed by atoms with Crippen LogP contribution in [-0.4, -0.2) is 59.2 Å². The molecule has 0 saturated heterocycles. The van der Waals surface area contributed by atoms with Crippen LogP contribution in [0.25, 0.3) is 0 Å². The van der Waals surface area contributed by atoms with E-state index >= 15 is 0 Å². The van der Waals surface area contributed by atoms with Crippen LogP contribution in [0, 0.1) is 5.92 Å². The van der Waals surface area contributed by atoms with Crippen LogP contribution < -0.4 is 21.5 Å². The standard InChI is InChI=1S/C24H36N4O8/c1-15(2)20(22(33)28-25-13-18(29)30)27-21(32)17(11-12-19(31)36-24(3,4)5)26-23(34)35-14-16-9-7-6-8-10-16/h6-10,15,17,20,25H,11-14H2,1-5H3,(H,26,34)(H,27,32)(H,28,33)(H,29,30)/t17-,20-/m0/s1. The van der Waals surface area contributed by atoms with E-state index in [9.17, 15) is 24.0 Å². The van der Waals surface area contributed by atoms with Crippen LogP contribution in [-0.2, 0) is 35.3 Å². The van der Waals surface area contributed by atoms with Crippen LogP contribution in [0.15, 0.2) is 30.3 Å². The Kier molecular flexibility index (Phi) is 12.4. The third-order valence-electron chi connectivity index (χ3n) is 4.58. The highest BCUT2D eigenvalue weighted by Gasteiger charge is 2.30. The zero-order valence-electron chi connectivity index (χ0n) is 21.3. The SMILES string of the molecule is CC(C)[C@H](NC(=O)[C@H](CCC(=O)OC(C)(C)C)NC(=O)OCc1ccccc1)C(=O)NNCC(=O)O. The number of benzene rings is 1. The Bertz CT molecular complexity index is 899. The highest BCUT2D eigenvalue weighted by atomic mass is 16.6. The van der Waals surface area contributed by atoms with Gasteiger partial charge in [0.2, 0.25) is 5.91 Å². The minimum Gasteiger partial charge on any atom is -0.480 e. The summed E-state index contributed by atoms with van der Waals surface area (Å²) in [5.41, 5.74) is 4.49. The third-order valence-corrected chi connectivity index (χ3v) is 4.58. The van der Waals surface area contributed by atoms with Gasteiger partial charge in [-0.15, -0.1) is 0 Å². The van der Waals surface area contributed by atoms with Gasteiger partial charge in [0, 0.05) is 6.42 Å². The van der Waals surface area contributed by atoms with Crippen molar-refractivity contribution in [1.29, 1.82) is 0 Å². The minimum atomic E-state index is -1.21. The Hall–Kier alpha value is -3.67. The number of ether oxygens (including phenoxy) is 2. The molecule has 5 N–H and O–H groups in total. The molecule has 0 bridgehead atoms. The number of hydrazine groups is 1. The molecular formula is C24H36N4O8. The Morgan fingerprint density at radius 3 is 2.17 bits per heavy atom. The number of nitrogens with one attached hydrogen (secondary N) is 4. The lowest BCUT2D eigenvalue weighted by molar-refractivity contribution is -0.155. The van der Waals surface area contributed by atoms with Crippen molar-refractivity contribution in [3.63, 3.8) is 0 Å². The third kappa shape index (κ3) is 12.7. The van der Waals surface area contributed by atoms with Gasteiger partial charge in [-0.3, -0.25) is 24.6 Å². The van der Waals surface area contributed by atoms with Crippen molar-refractivity contribution < 1.29 is 38.6 Å². The molecule has 1 aromatic rings. The molecule has 0 spiro atoms. The van der Waals surface area contributed by atoms with Crippen LogP contribution in [0.3, 0.4) is 0 Å². The van der Waals surface area contributed by atoms with Crippen LogP contribution >= 0.6 is 0 Å². The number of amides is 3. The van der Waals surface area contributed by atoms with Gasteiger partial charge in [0.15, 0.2) is 0 Å². The summed E-state index contributed by atoms with van der Waals surface area (Å²) in [6.45, 7) is 7.94. The van der Waals surface area contributed by atoms with Gasteiger partial charge in [-0.25, -0.2) is 10.2 Å². The van der Waals surface area contributed by atoms with E-state index in [2.05, 4.69) is 21.5 Å². The average molecular weight is 509 g/mol. The number of carboxylic acids is 1. The largest absolute Gasteiger partial charge is 0.480 e. The molecule has 1 rings (SSSR count). The van der Waals surface area contributed by atoms with Gasteiger partial charge in [0.25, 0.3) is 5.91 Å². The predicted octanol–water partition coefficient (Wildman–Crippen LogP) is 1.25. The average Bonchev–Trinajstić information content (AvgIpc) is 2.77. The first-order valence-electron chi connectivity index (χ1n) is 11.5. The maximum Gasteiger partial charge on any atom is 0.408 e. The number of aliphatic carboxylic acids is 1. The van der Waals surface area contributed by atoms with Gasteiger partial charge < -0.3 is 25.2 Å². The van der Waals surface area contributed by atoms with E-state index in [0.717, 1.165) is 5.56 Å². The molecule has 1 aromatic carbocycles. The molecule has 0 heterocycles. The van der Waals surface area contributed by atoms with E-state index in [1.165, 1.54) is 0 Å². The maximum absolute atomic E-state index is 13.0. The first-order chi connectivity index (χ1) is 16.8. The fourth-order valence-corrected chi connectivity index (χ4v) is 2.90. The summed E-state index contributed by atoms with van der Waals surface area (Å²) >= 11 is 0. The molecule has 36 heavy (non-hydrogen) atoms. The summed E-state index contributed by atoms with van der Waals surface area (Å²) in [5.74, 6) is -3.51. The van der Waals surface area contributed by atoms with Gasteiger partial charge in [0.1, 0.15) is 30.8 Å². The van der Waals surface area contributed by atoms with E-state index in [1.54, 1.807) is 58.9 Å². The summed E-state index contributed by atoms with van der Waals surface area (Å²) < 4.78 is 10.4. The molecule has 12 nitrogen and oxygen atoms in total. The Labute approximate surface area is 210 Å². The summed E-state index contributed by atoms with van der Waals surface area (Å²) in [6.07, 6.45) is -1.16. The summed E-state index contributed by atoms with van der Waals surface area (Å²) in [6, 6.07) is 6.67. The molecule has 0 aliphatic carbocycles. The second-order valence-electron chi connectivity index (χ2n) is 9.35. The predicted molar refractivity (Wildman–Crippen MR) is 129 cm³/mol. The van der Waals surface area contributed by atoms with Crippen LogP contribution in [0.1, 0.15) is 53.0 Å². The van der Waals surface area contributed by atoms with Gasteiger partial charge >= 0.3 is 18.0 Å². The highest BCUT2D eigenvalue weighted by Crippen LogP contribution is 2.11. The molecule has 12 heteroatoms. The van der Waals surface area contributed by atoms with Crippen molar-refractivity contribution in [1.82, 2.24) is 21.5 Å². The van der Waals surface area contributed by atoms with Crippen molar-refractivity contribution in [3.8, 4) is 0 Å². The second-order valence-corrected chi connectivity index (χ2v) is 9.35. The van der Waals surface area contributed by atoms with Gasteiger partial charge in [0.05, 0.1) is 0 Å². The van der Waals surface area contributed by atoms with Crippen LogP contribution in [0.2, 0.25) is 0 Å². The lowest BCUT2D eigenvalue weighted by Gasteiger charge is -2.25. The maximum atomic E-state index is 13.0.